The first-order valence-electron chi connectivity index (χ1n) is 8.73. The summed E-state index contributed by atoms with van der Waals surface area (Å²) in [5, 5.41) is 3.24. The topological polar surface area (TPSA) is 58.1 Å². The molecule has 1 unspecified atom stereocenters. The fraction of sp³-hybridized carbons (Fsp3) is 0.421. The molecule has 24 heavy (non-hydrogen) atoms. The molecule has 2 aliphatic rings. The van der Waals surface area contributed by atoms with Crippen molar-refractivity contribution in [3.05, 3.63) is 48.3 Å². The number of nitrogens with zero attached hydrogens (tertiary/aromatic N) is 3. The SMILES string of the molecule is O=C(C1CC1)N1CCCC(c2ccnc(Nc3ccccc3)n2)C1. The van der Waals surface area contributed by atoms with Crippen molar-refractivity contribution in [2.24, 2.45) is 5.92 Å². The first-order chi connectivity index (χ1) is 11.8. The van der Waals surface area contributed by atoms with E-state index >= 15 is 0 Å². The number of rotatable bonds is 4. The van der Waals surface area contributed by atoms with Gasteiger partial charge in [0.15, 0.2) is 0 Å². The summed E-state index contributed by atoms with van der Waals surface area (Å²) in [6.45, 7) is 1.68. The molecule has 0 bridgehead atoms. The largest absolute Gasteiger partial charge is 0.342 e. The number of carbonyl (C=O) groups excluding carboxylic acids is 1. The number of hydrogen-bond acceptors (Lipinski definition) is 4. The van der Waals surface area contributed by atoms with Gasteiger partial charge in [0.25, 0.3) is 0 Å². The maximum atomic E-state index is 12.3. The summed E-state index contributed by atoms with van der Waals surface area (Å²) < 4.78 is 0. The number of piperidine rings is 1. The Hall–Kier alpha value is -2.43. The van der Waals surface area contributed by atoms with Crippen LogP contribution in [0, 0.1) is 5.92 Å². The Morgan fingerprint density at radius 3 is 2.75 bits per heavy atom. The maximum Gasteiger partial charge on any atom is 0.227 e. The third-order valence-electron chi connectivity index (χ3n) is 4.78. The van der Waals surface area contributed by atoms with E-state index in [0.717, 1.165) is 50.2 Å². The van der Waals surface area contributed by atoms with E-state index in [4.69, 9.17) is 0 Å². The minimum atomic E-state index is 0.296. The van der Waals surface area contributed by atoms with Crippen LogP contribution >= 0.6 is 0 Å². The highest BCUT2D eigenvalue weighted by Crippen LogP contribution is 2.34. The number of para-hydroxylation sites is 1. The standard InChI is InChI=1S/C19H22N4O/c24-18(14-8-9-14)23-12-4-5-15(13-23)17-10-11-20-19(22-17)21-16-6-2-1-3-7-16/h1-3,6-7,10-11,14-15H,4-5,8-9,12-13H2,(H,20,21,22). The average molecular weight is 322 g/mol. The molecule has 1 aliphatic heterocycles. The fourth-order valence-electron chi connectivity index (χ4n) is 3.32. The second kappa shape index (κ2) is 6.59. The molecule has 2 heterocycles. The Kier molecular flexibility index (Phi) is 4.15. The van der Waals surface area contributed by atoms with Gasteiger partial charge >= 0.3 is 0 Å². The van der Waals surface area contributed by atoms with Gasteiger partial charge in [0.05, 0.1) is 5.69 Å². The van der Waals surface area contributed by atoms with Crippen LogP contribution in [0.5, 0.6) is 0 Å². The van der Waals surface area contributed by atoms with Crippen LogP contribution in [0.3, 0.4) is 0 Å². The molecular formula is C19H22N4O. The molecule has 1 amide bonds. The predicted octanol–water partition coefficient (Wildman–Crippen LogP) is 3.34. The van der Waals surface area contributed by atoms with E-state index < -0.39 is 0 Å². The monoisotopic (exact) mass is 322 g/mol. The lowest BCUT2D eigenvalue weighted by atomic mass is 9.94. The molecule has 1 saturated heterocycles. The van der Waals surface area contributed by atoms with Crippen molar-refractivity contribution in [2.75, 3.05) is 18.4 Å². The minimum Gasteiger partial charge on any atom is -0.342 e. The first-order valence-corrected chi connectivity index (χ1v) is 8.73. The maximum absolute atomic E-state index is 12.3. The van der Waals surface area contributed by atoms with Gasteiger partial charge in [-0.05, 0) is 43.9 Å². The number of nitrogens with one attached hydrogen (secondary N) is 1. The molecule has 4 rings (SSSR count). The number of amides is 1. The Bertz CT molecular complexity index is 714. The van der Waals surface area contributed by atoms with Crippen molar-refractivity contribution in [1.82, 2.24) is 14.9 Å². The summed E-state index contributed by atoms with van der Waals surface area (Å²) >= 11 is 0. The normalized spacial score (nSPS) is 20.7. The van der Waals surface area contributed by atoms with Gasteiger partial charge in [-0.3, -0.25) is 4.79 Å². The van der Waals surface area contributed by atoms with Gasteiger partial charge in [0, 0.05) is 36.8 Å². The molecule has 1 aliphatic carbocycles. The highest BCUT2D eigenvalue weighted by molar-refractivity contribution is 5.81. The molecule has 0 radical (unpaired) electrons. The fourth-order valence-corrected chi connectivity index (χ4v) is 3.32. The van der Waals surface area contributed by atoms with Crippen molar-refractivity contribution >= 4 is 17.5 Å². The lowest BCUT2D eigenvalue weighted by Gasteiger charge is -2.32. The van der Waals surface area contributed by atoms with Crippen LogP contribution in [0.25, 0.3) is 0 Å². The van der Waals surface area contributed by atoms with E-state index in [1.54, 1.807) is 6.20 Å². The molecule has 0 spiro atoms. The van der Waals surface area contributed by atoms with E-state index in [1.165, 1.54) is 0 Å². The van der Waals surface area contributed by atoms with Crippen LogP contribution < -0.4 is 5.32 Å². The molecule has 2 fully saturated rings. The Morgan fingerprint density at radius 1 is 1.12 bits per heavy atom. The third kappa shape index (κ3) is 3.40. The number of benzene rings is 1. The summed E-state index contributed by atoms with van der Waals surface area (Å²) in [5.74, 6) is 1.56. The van der Waals surface area contributed by atoms with E-state index in [9.17, 15) is 4.79 Å². The van der Waals surface area contributed by atoms with Crippen LogP contribution in [-0.4, -0.2) is 33.9 Å². The average Bonchev–Trinajstić information content (AvgIpc) is 3.47. The number of aromatic nitrogens is 2. The quantitative estimate of drug-likeness (QED) is 0.938. The van der Waals surface area contributed by atoms with Crippen molar-refractivity contribution in [2.45, 2.75) is 31.6 Å². The van der Waals surface area contributed by atoms with Crippen molar-refractivity contribution < 1.29 is 4.79 Å². The smallest absolute Gasteiger partial charge is 0.227 e. The summed E-state index contributed by atoms with van der Waals surface area (Å²) in [6, 6.07) is 11.9. The van der Waals surface area contributed by atoms with Crippen molar-refractivity contribution in [1.29, 1.82) is 0 Å². The molecule has 1 N–H and O–H groups in total. The van der Waals surface area contributed by atoms with Gasteiger partial charge < -0.3 is 10.2 Å². The van der Waals surface area contributed by atoms with Crippen molar-refractivity contribution in [3.8, 4) is 0 Å². The van der Waals surface area contributed by atoms with Crippen LogP contribution in [0.1, 0.15) is 37.3 Å². The highest BCUT2D eigenvalue weighted by Gasteiger charge is 2.35. The second-order valence-electron chi connectivity index (χ2n) is 6.69. The lowest BCUT2D eigenvalue weighted by Crippen LogP contribution is -2.40. The zero-order valence-corrected chi connectivity index (χ0v) is 13.7. The molecule has 1 atom stereocenters. The summed E-state index contributed by atoms with van der Waals surface area (Å²) in [6.07, 6.45) is 6.07. The van der Waals surface area contributed by atoms with E-state index in [2.05, 4.69) is 15.3 Å². The number of hydrogen-bond donors (Lipinski definition) is 1. The van der Waals surface area contributed by atoms with Crippen LogP contribution in [0.4, 0.5) is 11.6 Å². The first kappa shape index (κ1) is 15.1. The van der Waals surface area contributed by atoms with Gasteiger partial charge in [0.2, 0.25) is 11.9 Å². The number of carbonyl (C=O) groups is 1. The van der Waals surface area contributed by atoms with Gasteiger partial charge in [0.1, 0.15) is 0 Å². The summed E-state index contributed by atoms with van der Waals surface area (Å²) in [7, 11) is 0. The molecule has 5 heteroatoms. The van der Waals surface area contributed by atoms with Crippen LogP contribution in [0.2, 0.25) is 0 Å². The lowest BCUT2D eigenvalue weighted by molar-refractivity contribution is -0.133. The molecule has 1 saturated carbocycles. The molecule has 1 aromatic heterocycles. The Labute approximate surface area is 142 Å². The second-order valence-corrected chi connectivity index (χ2v) is 6.69. The summed E-state index contributed by atoms with van der Waals surface area (Å²) in [5.41, 5.74) is 2.00. The Balaban J connectivity index is 1.47. The van der Waals surface area contributed by atoms with Crippen LogP contribution in [0.15, 0.2) is 42.6 Å². The third-order valence-corrected chi connectivity index (χ3v) is 4.78. The Morgan fingerprint density at radius 2 is 1.96 bits per heavy atom. The van der Waals surface area contributed by atoms with E-state index in [-0.39, 0.29) is 0 Å². The number of anilines is 2. The zero-order valence-electron chi connectivity index (χ0n) is 13.7. The zero-order chi connectivity index (χ0) is 16.4. The summed E-state index contributed by atoms with van der Waals surface area (Å²) in [4.78, 5) is 23.4. The van der Waals surface area contributed by atoms with Gasteiger partial charge in [-0.1, -0.05) is 18.2 Å². The van der Waals surface area contributed by atoms with Gasteiger partial charge in [-0.25, -0.2) is 9.97 Å². The van der Waals surface area contributed by atoms with Gasteiger partial charge in [-0.2, -0.15) is 0 Å². The van der Waals surface area contributed by atoms with Crippen LogP contribution in [-0.2, 0) is 4.79 Å². The molecule has 2 aromatic rings. The molecule has 124 valence electrons. The molecule has 1 aromatic carbocycles. The van der Waals surface area contributed by atoms with Gasteiger partial charge in [-0.15, -0.1) is 0 Å². The predicted molar refractivity (Wildman–Crippen MR) is 93.0 cm³/mol. The minimum absolute atomic E-state index is 0.296. The molecular weight excluding hydrogens is 300 g/mol. The van der Waals surface area contributed by atoms with Crippen molar-refractivity contribution in [3.63, 3.8) is 0 Å². The number of likely N-dealkylation sites (tertiary alicyclic amines) is 1. The van der Waals surface area contributed by atoms with E-state index in [0.29, 0.717) is 23.7 Å². The van der Waals surface area contributed by atoms with E-state index in [1.807, 2.05) is 41.3 Å². The molecule has 5 nitrogen and oxygen atoms in total. The highest BCUT2D eigenvalue weighted by atomic mass is 16.2.